The van der Waals surface area contributed by atoms with Crippen LogP contribution < -0.4 is 4.74 Å². The maximum absolute atomic E-state index is 11.4. The molecule has 8 nitrogen and oxygen atoms in total. The van der Waals surface area contributed by atoms with Crippen molar-refractivity contribution in [1.29, 1.82) is 0 Å². The van der Waals surface area contributed by atoms with Gasteiger partial charge in [0.15, 0.2) is 0 Å². The van der Waals surface area contributed by atoms with Crippen molar-refractivity contribution < 1.29 is 19.5 Å². The summed E-state index contributed by atoms with van der Waals surface area (Å²) in [7, 11) is 1.71. The fourth-order valence-electron chi connectivity index (χ4n) is 2.95. The summed E-state index contributed by atoms with van der Waals surface area (Å²) in [6.45, 7) is 3.68. The maximum Gasteiger partial charge on any atom is 0.352 e. The lowest BCUT2D eigenvalue weighted by atomic mass is 9.93. The third kappa shape index (κ3) is 4.00. The lowest BCUT2D eigenvalue weighted by molar-refractivity contribution is -0.386. The molecule has 0 aromatic carbocycles. The van der Waals surface area contributed by atoms with Crippen molar-refractivity contribution in [2.24, 2.45) is 5.92 Å². The van der Waals surface area contributed by atoms with Gasteiger partial charge in [0.1, 0.15) is 5.69 Å². The molecular weight excluding hydrogens is 302 g/mol. The Morgan fingerprint density at radius 1 is 1.43 bits per heavy atom. The predicted molar refractivity (Wildman–Crippen MR) is 83.7 cm³/mol. The number of hydrogen-bond donors (Lipinski definition) is 1. The van der Waals surface area contributed by atoms with Crippen molar-refractivity contribution in [3.63, 3.8) is 0 Å². The van der Waals surface area contributed by atoms with Crippen LogP contribution in [0.25, 0.3) is 0 Å². The smallest absolute Gasteiger partial charge is 0.352 e. The van der Waals surface area contributed by atoms with Gasteiger partial charge in [-0.2, -0.15) is 0 Å². The van der Waals surface area contributed by atoms with Gasteiger partial charge in [0.25, 0.3) is 0 Å². The molecule has 0 aliphatic heterocycles. The Kier molecular flexibility index (Phi) is 5.95. The molecule has 23 heavy (non-hydrogen) atoms. The first kappa shape index (κ1) is 17.7. The highest BCUT2D eigenvalue weighted by Gasteiger charge is 2.31. The standard InChI is InChI=1S/C15H25N3O5/c1-10(8-19)9-23-15-14(18(20)21)11(2)17(16-15)12-4-6-13(22-3)7-5-12/h10,12-13,19H,4-9H2,1-3H3/t10-,12?,13?/m1/s1. The lowest BCUT2D eigenvalue weighted by Gasteiger charge is -2.28. The second kappa shape index (κ2) is 7.74. The Bertz CT molecular complexity index is 537. The Balaban J connectivity index is 2.19. The third-order valence-corrected chi connectivity index (χ3v) is 4.41. The maximum atomic E-state index is 11.4. The van der Waals surface area contributed by atoms with Crippen molar-refractivity contribution in [3.8, 4) is 5.88 Å². The van der Waals surface area contributed by atoms with E-state index in [4.69, 9.17) is 14.6 Å². The fraction of sp³-hybridized carbons (Fsp3) is 0.800. The van der Waals surface area contributed by atoms with Crippen LogP contribution >= 0.6 is 0 Å². The predicted octanol–water partition coefficient (Wildman–Crippen LogP) is 2.24. The van der Waals surface area contributed by atoms with Crippen LogP contribution in [0.2, 0.25) is 0 Å². The molecule has 0 radical (unpaired) electrons. The van der Waals surface area contributed by atoms with E-state index in [9.17, 15) is 10.1 Å². The molecule has 1 fully saturated rings. The fourth-order valence-corrected chi connectivity index (χ4v) is 2.95. The van der Waals surface area contributed by atoms with Gasteiger partial charge in [-0.1, -0.05) is 6.92 Å². The monoisotopic (exact) mass is 327 g/mol. The van der Waals surface area contributed by atoms with E-state index in [0.29, 0.717) is 5.69 Å². The van der Waals surface area contributed by atoms with Gasteiger partial charge >= 0.3 is 11.6 Å². The molecule has 1 heterocycles. The Morgan fingerprint density at radius 2 is 2.09 bits per heavy atom. The SMILES string of the molecule is COC1CCC(n2nc(OC[C@H](C)CO)c([N+](=O)[O-])c2C)CC1. The first-order valence-corrected chi connectivity index (χ1v) is 7.97. The summed E-state index contributed by atoms with van der Waals surface area (Å²) in [5, 5.41) is 24.7. The molecule has 0 bridgehead atoms. The second-order valence-corrected chi connectivity index (χ2v) is 6.21. The van der Waals surface area contributed by atoms with E-state index in [1.807, 2.05) is 6.92 Å². The minimum atomic E-state index is -0.446. The molecule has 1 atom stereocenters. The van der Waals surface area contributed by atoms with E-state index < -0.39 is 4.92 Å². The molecular formula is C15H25N3O5. The number of ether oxygens (including phenoxy) is 2. The van der Waals surface area contributed by atoms with Crippen LogP contribution in [0.3, 0.4) is 0 Å². The molecule has 130 valence electrons. The highest BCUT2D eigenvalue weighted by Crippen LogP contribution is 2.36. The molecule has 1 saturated carbocycles. The molecule has 0 unspecified atom stereocenters. The molecule has 1 aromatic heterocycles. The lowest BCUT2D eigenvalue weighted by Crippen LogP contribution is -2.24. The van der Waals surface area contributed by atoms with Gasteiger partial charge in [-0.25, -0.2) is 0 Å². The zero-order valence-corrected chi connectivity index (χ0v) is 13.9. The van der Waals surface area contributed by atoms with E-state index in [-0.39, 0.29) is 42.8 Å². The van der Waals surface area contributed by atoms with Gasteiger partial charge in [0, 0.05) is 19.6 Å². The summed E-state index contributed by atoms with van der Waals surface area (Å²) in [6, 6.07) is 0.132. The molecule has 0 saturated heterocycles. The number of hydrogen-bond acceptors (Lipinski definition) is 6. The molecule has 1 N–H and O–H groups in total. The highest BCUT2D eigenvalue weighted by atomic mass is 16.6. The van der Waals surface area contributed by atoms with Gasteiger partial charge < -0.3 is 14.6 Å². The zero-order chi connectivity index (χ0) is 17.0. The van der Waals surface area contributed by atoms with Crippen molar-refractivity contribution in [1.82, 2.24) is 9.78 Å². The van der Waals surface area contributed by atoms with Crippen LogP contribution in [0.1, 0.15) is 44.3 Å². The van der Waals surface area contributed by atoms with Crippen LogP contribution in [0.5, 0.6) is 5.88 Å². The summed E-state index contributed by atoms with van der Waals surface area (Å²) in [5.41, 5.74) is 0.437. The van der Waals surface area contributed by atoms with E-state index in [0.717, 1.165) is 25.7 Å². The van der Waals surface area contributed by atoms with Crippen LogP contribution in [0, 0.1) is 23.0 Å². The quantitative estimate of drug-likeness (QED) is 0.609. The Morgan fingerprint density at radius 3 is 2.61 bits per heavy atom. The van der Waals surface area contributed by atoms with Gasteiger partial charge in [0.05, 0.1) is 23.7 Å². The summed E-state index contributed by atoms with van der Waals surface area (Å²) < 4.78 is 12.6. The summed E-state index contributed by atoms with van der Waals surface area (Å²) >= 11 is 0. The van der Waals surface area contributed by atoms with Crippen molar-refractivity contribution in [2.45, 2.75) is 51.7 Å². The normalized spacial score (nSPS) is 22.8. The van der Waals surface area contributed by atoms with Crippen LogP contribution in [-0.4, -0.2) is 46.2 Å². The number of nitro groups is 1. The number of aliphatic hydroxyl groups excluding tert-OH is 1. The van der Waals surface area contributed by atoms with Gasteiger partial charge in [0.2, 0.25) is 0 Å². The van der Waals surface area contributed by atoms with E-state index in [1.54, 1.807) is 18.7 Å². The molecule has 1 aromatic rings. The van der Waals surface area contributed by atoms with E-state index >= 15 is 0 Å². The molecule has 0 spiro atoms. The van der Waals surface area contributed by atoms with Crippen LogP contribution in [0.4, 0.5) is 5.69 Å². The minimum absolute atomic E-state index is 0.0332. The average Bonchev–Trinajstić information content (AvgIpc) is 2.89. The molecule has 2 rings (SSSR count). The number of nitrogens with zero attached hydrogens (tertiary/aromatic N) is 3. The second-order valence-electron chi connectivity index (χ2n) is 6.21. The third-order valence-electron chi connectivity index (χ3n) is 4.41. The van der Waals surface area contributed by atoms with Crippen LogP contribution in [0.15, 0.2) is 0 Å². The van der Waals surface area contributed by atoms with Crippen LogP contribution in [-0.2, 0) is 4.74 Å². The molecule has 1 aliphatic rings. The van der Waals surface area contributed by atoms with Gasteiger partial charge in [-0.15, -0.1) is 5.10 Å². The van der Waals surface area contributed by atoms with Crippen molar-refractivity contribution in [2.75, 3.05) is 20.3 Å². The van der Waals surface area contributed by atoms with Gasteiger partial charge in [-0.05, 0) is 32.6 Å². The molecule has 1 aliphatic carbocycles. The topological polar surface area (TPSA) is 99.7 Å². The molecule has 0 amide bonds. The first-order chi connectivity index (χ1) is 11.0. The number of methoxy groups -OCH3 is 1. The minimum Gasteiger partial charge on any atom is -0.471 e. The highest BCUT2D eigenvalue weighted by molar-refractivity contribution is 5.45. The summed E-state index contributed by atoms with van der Waals surface area (Å²) in [5.74, 6) is -0.0566. The van der Waals surface area contributed by atoms with Crippen molar-refractivity contribution >= 4 is 5.69 Å². The van der Waals surface area contributed by atoms with E-state index in [1.165, 1.54) is 0 Å². The Hall–Kier alpha value is -1.67. The first-order valence-electron chi connectivity index (χ1n) is 7.97. The molecule has 8 heteroatoms. The number of aliphatic hydroxyl groups is 1. The van der Waals surface area contributed by atoms with Gasteiger partial charge in [-0.3, -0.25) is 14.8 Å². The average molecular weight is 327 g/mol. The number of rotatable bonds is 7. The van der Waals surface area contributed by atoms with E-state index in [2.05, 4.69) is 5.10 Å². The summed E-state index contributed by atoms with van der Waals surface area (Å²) in [4.78, 5) is 10.9. The zero-order valence-electron chi connectivity index (χ0n) is 13.9. The summed E-state index contributed by atoms with van der Waals surface area (Å²) in [6.07, 6.45) is 3.87. The largest absolute Gasteiger partial charge is 0.471 e. The number of aromatic nitrogens is 2. The van der Waals surface area contributed by atoms with Crippen molar-refractivity contribution in [3.05, 3.63) is 15.8 Å². The Labute approximate surface area is 135 Å².